The van der Waals surface area contributed by atoms with Crippen LogP contribution in [0.2, 0.25) is 0 Å². The highest BCUT2D eigenvalue weighted by Gasteiger charge is 2.29. The Balaban J connectivity index is 1.26. The maximum absolute atomic E-state index is 12.7. The molecule has 0 aromatic carbocycles. The lowest BCUT2D eigenvalue weighted by atomic mass is 10.2. The number of imidazole rings is 1. The SMILES string of the molecule is CC1CN(C(=O)NCc2cnc3sccn23)CCN1c1nc(N)nc2scnc12. The van der Waals surface area contributed by atoms with Gasteiger partial charge >= 0.3 is 6.03 Å². The normalized spacial score (nSPS) is 17.3. The number of hydrogen-bond donors (Lipinski definition) is 2. The molecule has 5 rings (SSSR count). The number of nitrogens with two attached hydrogens (primary N) is 1. The Labute approximate surface area is 174 Å². The highest BCUT2D eigenvalue weighted by atomic mass is 32.1. The molecule has 3 N–H and O–H groups in total. The number of nitrogens with one attached hydrogen (secondary N) is 1. The van der Waals surface area contributed by atoms with Gasteiger partial charge in [0.25, 0.3) is 0 Å². The summed E-state index contributed by atoms with van der Waals surface area (Å²) >= 11 is 3.01. The van der Waals surface area contributed by atoms with Crippen LogP contribution >= 0.6 is 22.7 Å². The number of aromatic nitrogens is 5. The molecule has 10 nitrogen and oxygen atoms in total. The maximum atomic E-state index is 12.7. The van der Waals surface area contributed by atoms with Gasteiger partial charge in [-0.3, -0.25) is 4.40 Å². The molecule has 0 bridgehead atoms. The quantitative estimate of drug-likeness (QED) is 0.510. The Kier molecular flexibility index (Phi) is 4.43. The minimum Gasteiger partial charge on any atom is -0.368 e. The minimum atomic E-state index is -0.0808. The third-order valence-corrected chi connectivity index (χ3v) is 6.52. The fraction of sp³-hybridized carbons (Fsp3) is 0.353. The first-order chi connectivity index (χ1) is 14.1. The van der Waals surface area contributed by atoms with E-state index in [0.717, 1.165) is 26.8 Å². The zero-order valence-electron chi connectivity index (χ0n) is 15.6. The van der Waals surface area contributed by atoms with E-state index in [4.69, 9.17) is 5.73 Å². The second kappa shape index (κ2) is 7.12. The summed E-state index contributed by atoms with van der Waals surface area (Å²) in [6.07, 6.45) is 3.76. The van der Waals surface area contributed by atoms with Crippen LogP contribution in [0, 0.1) is 0 Å². The summed E-state index contributed by atoms with van der Waals surface area (Å²) in [4.78, 5) is 35.8. The van der Waals surface area contributed by atoms with Gasteiger partial charge in [-0.2, -0.15) is 4.98 Å². The van der Waals surface area contributed by atoms with Crippen LogP contribution < -0.4 is 16.0 Å². The van der Waals surface area contributed by atoms with Gasteiger partial charge in [0, 0.05) is 37.3 Å². The first kappa shape index (κ1) is 18.1. The van der Waals surface area contributed by atoms with E-state index in [2.05, 4.69) is 37.1 Å². The molecule has 150 valence electrons. The van der Waals surface area contributed by atoms with Gasteiger partial charge < -0.3 is 20.9 Å². The smallest absolute Gasteiger partial charge is 0.317 e. The minimum absolute atomic E-state index is 0.0762. The van der Waals surface area contributed by atoms with E-state index in [9.17, 15) is 4.79 Å². The van der Waals surface area contributed by atoms with Crippen LogP contribution in [0.1, 0.15) is 12.6 Å². The first-order valence-electron chi connectivity index (χ1n) is 9.15. The highest BCUT2D eigenvalue weighted by molar-refractivity contribution is 7.16. The van der Waals surface area contributed by atoms with Gasteiger partial charge in [-0.15, -0.1) is 22.7 Å². The summed E-state index contributed by atoms with van der Waals surface area (Å²) in [6.45, 7) is 4.34. The summed E-state index contributed by atoms with van der Waals surface area (Å²) < 4.78 is 1.99. The van der Waals surface area contributed by atoms with Crippen LogP contribution in [0.25, 0.3) is 15.3 Å². The summed E-state index contributed by atoms with van der Waals surface area (Å²) in [5, 5.41) is 4.98. The van der Waals surface area contributed by atoms with E-state index in [1.807, 2.05) is 20.9 Å². The zero-order chi connectivity index (χ0) is 20.0. The van der Waals surface area contributed by atoms with Crippen LogP contribution in [-0.4, -0.2) is 60.9 Å². The van der Waals surface area contributed by atoms with Crippen LogP contribution in [0.15, 0.2) is 23.3 Å². The predicted octanol–water partition coefficient (Wildman–Crippen LogP) is 1.80. The number of piperazine rings is 1. The van der Waals surface area contributed by atoms with E-state index in [0.29, 0.717) is 26.2 Å². The van der Waals surface area contributed by atoms with Gasteiger partial charge in [0.15, 0.2) is 15.6 Å². The number of rotatable bonds is 3. The molecule has 5 heterocycles. The molecule has 1 unspecified atom stereocenters. The Hall–Kier alpha value is -2.99. The molecule has 1 fully saturated rings. The summed E-state index contributed by atoms with van der Waals surface area (Å²) in [5.74, 6) is 0.977. The number of thiazole rings is 2. The van der Waals surface area contributed by atoms with Gasteiger partial charge in [-0.1, -0.05) is 0 Å². The molecule has 1 atom stereocenters. The Bertz CT molecular complexity index is 1180. The molecule has 0 spiro atoms. The lowest BCUT2D eigenvalue weighted by molar-refractivity contribution is 0.186. The summed E-state index contributed by atoms with van der Waals surface area (Å²) in [7, 11) is 0. The van der Waals surface area contributed by atoms with E-state index in [1.165, 1.54) is 11.3 Å². The predicted molar refractivity (Wildman–Crippen MR) is 113 cm³/mol. The second-order valence-electron chi connectivity index (χ2n) is 6.86. The number of urea groups is 1. The van der Waals surface area contributed by atoms with Crippen LogP contribution in [0.3, 0.4) is 0 Å². The van der Waals surface area contributed by atoms with Crippen molar-refractivity contribution in [1.82, 2.24) is 34.6 Å². The average Bonchev–Trinajstić information content (AvgIpc) is 3.42. The van der Waals surface area contributed by atoms with Gasteiger partial charge in [-0.05, 0) is 6.92 Å². The summed E-state index contributed by atoms with van der Waals surface area (Å²) in [6, 6.07) is -0.00469. The highest BCUT2D eigenvalue weighted by Crippen LogP contribution is 2.28. The standard InChI is InChI=1S/C17H19N9OS2/c1-10-8-24(16(27)19-6-11-7-20-17-26(11)4-5-28-17)2-3-25(10)13-12-14(29-9-21-12)23-15(18)22-13/h4-5,7,9-10H,2-3,6,8H2,1H3,(H,19,27)(H2,18,22,23). The Morgan fingerprint density at radius 1 is 1.31 bits per heavy atom. The summed E-state index contributed by atoms with van der Waals surface area (Å²) in [5.41, 5.74) is 9.35. The zero-order valence-corrected chi connectivity index (χ0v) is 17.3. The number of anilines is 2. The number of nitrogens with zero attached hydrogens (tertiary/aromatic N) is 7. The van der Waals surface area contributed by atoms with Crippen molar-refractivity contribution in [3.8, 4) is 0 Å². The molecule has 4 aromatic heterocycles. The number of fused-ring (bicyclic) bond motifs is 2. The number of hydrogen-bond acceptors (Lipinski definition) is 9. The third kappa shape index (κ3) is 3.23. The van der Waals surface area contributed by atoms with Crippen LogP contribution in [-0.2, 0) is 6.54 Å². The van der Waals surface area contributed by atoms with Crippen molar-refractivity contribution in [2.75, 3.05) is 30.3 Å². The molecule has 0 saturated carbocycles. The Morgan fingerprint density at radius 3 is 3.07 bits per heavy atom. The number of carbonyl (C=O) groups is 1. The van der Waals surface area contributed by atoms with Gasteiger partial charge in [-0.25, -0.2) is 19.7 Å². The topological polar surface area (TPSA) is 118 Å². The molecule has 0 aliphatic carbocycles. The molecule has 4 aromatic rings. The number of carbonyl (C=O) groups excluding carboxylic acids is 1. The molecule has 1 aliphatic rings. The number of nitrogen functional groups attached to an aromatic ring is 1. The first-order valence-corrected chi connectivity index (χ1v) is 10.9. The van der Waals surface area contributed by atoms with Crippen LogP contribution in [0.4, 0.5) is 16.6 Å². The lowest BCUT2D eigenvalue weighted by Crippen LogP contribution is -2.56. The van der Waals surface area contributed by atoms with Crippen LogP contribution in [0.5, 0.6) is 0 Å². The van der Waals surface area contributed by atoms with E-state index >= 15 is 0 Å². The molecule has 1 aliphatic heterocycles. The van der Waals surface area contributed by atoms with Crippen molar-refractivity contribution >= 4 is 55.8 Å². The second-order valence-corrected chi connectivity index (χ2v) is 8.57. The lowest BCUT2D eigenvalue weighted by Gasteiger charge is -2.40. The monoisotopic (exact) mass is 429 g/mol. The Morgan fingerprint density at radius 2 is 2.21 bits per heavy atom. The van der Waals surface area contributed by atoms with E-state index in [-0.39, 0.29) is 18.0 Å². The van der Waals surface area contributed by atoms with Gasteiger partial charge in [0.2, 0.25) is 5.95 Å². The molecule has 1 saturated heterocycles. The van der Waals surface area contributed by atoms with Gasteiger partial charge in [0.1, 0.15) is 5.52 Å². The molecule has 0 radical (unpaired) electrons. The number of amides is 2. The average molecular weight is 430 g/mol. The van der Waals surface area contributed by atoms with Crippen molar-refractivity contribution in [1.29, 1.82) is 0 Å². The maximum Gasteiger partial charge on any atom is 0.317 e. The van der Waals surface area contributed by atoms with Crippen molar-refractivity contribution in [3.05, 3.63) is 29.0 Å². The fourth-order valence-electron chi connectivity index (χ4n) is 3.60. The van der Waals surface area contributed by atoms with E-state index in [1.54, 1.807) is 23.0 Å². The molecule has 29 heavy (non-hydrogen) atoms. The molecule has 2 amide bonds. The van der Waals surface area contributed by atoms with Crippen molar-refractivity contribution in [3.63, 3.8) is 0 Å². The largest absolute Gasteiger partial charge is 0.368 e. The molecular formula is C17H19N9OS2. The molecular weight excluding hydrogens is 410 g/mol. The van der Waals surface area contributed by atoms with Crippen molar-refractivity contribution < 1.29 is 4.79 Å². The fourth-order valence-corrected chi connectivity index (χ4v) is 4.97. The van der Waals surface area contributed by atoms with Crippen molar-refractivity contribution in [2.24, 2.45) is 0 Å². The van der Waals surface area contributed by atoms with Gasteiger partial charge in [0.05, 0.1) is 23.9 Å². The third-order valence-electron chi connectivity index (χ3n) is 5.03. The van der Waals surface area contributed by atoms with Crippen molar-refractivity contribution in [2.45, 2.75) is 19.5 Å². The van der Waals surface area contributed by atoms with E-state index < -0.39 is 0 Å². The molecule has 12 heteroatoms.